The highest BCUT2D eigenvalue weighted by Gasteiger charge is 2.28. The van der Waals surface area contributed by atoms with Crippen LogP contribution in [-0.2, 0) is 11.2 Å². The molecule has 0 amide bonds. The number of fused-ring (bicyclic) bond motifs is 1. The minimum Gasteiger partial charge on any atom is -0.493 e. The quantitative estimate of drug-likeness (QED) is 0.847. The lowest BCUT2D eigenvalue weighted by atomic mass is 10.0. The van der Waals surface area contributed by atoms with E-state index in [1.54, 1.807) is 26.4 Å². The minimum atomic E-state index is -0.855. The van der Waals surface area contributed by atoms with Crippen LogP contribution in [0, 0.1) is 5.92 Å². The van der Waals surface area contributed by atoms with Gasteiger partial charge in [-0.15, -0.1) is 0 Å². The van der Waals surface area contributed by atoms with E-state index in [4.69, 9.17) is 9.47 Å². The SMILES string of the molecule is CCCc1nc2cc(OC)c(OC)cc2n1C(C(=O)O)C(C)C. The third kappa shape index (κ3) is 3.11. The predicted molar refractivity (Wildman–Crippen MR) is 88.3 cm³/mol. The van der Waals surface area contributed by atoms with Crippen molar-refractivity contribution in [2.75, 3.05) is 14.2 Å². The lowest BCUT2D eigenvalue weighted by molar-refractivity contribution is -0.142. The molecule has 1 N–H and O–H groups in total. The topological polar surface area (TPSA) is 73.6 Å². The van der Waals surface area contributed by atoms with E-state index in [2.05, 4.69) is 11.9 Å². The Morgan fingerprint density at radius 3 is 2.35 bits per heavy atom. The van der Waals surface area contributed by atoms with E-state index in [1.165, 1.54) is 0 Å². The molecule has 126 valence electrons. The number of aryl methyl sites for hydroxylation is 1. The van der Waals surface area contributed by atoms with Crippen molar-refractivity contribution in [3.05, 3.63) is 18.0 Å². The predicted octanol–water partition coefficient (Wildman–Crippen LogP) is 3.29. The van der Waals surface area contributed by atoms with Gasteiger partial charge in [0.25, 0.3) is 0 Å². The maximum atomic E-state index is 11.8. The van der Waals surface area contributed by atoms with E-state index in [1.807, 2.05) is 18.4 Å². The molecule has 1 aromatic carbocycles. The van der Waals surface area contributed by atoms with E-state index in [0.717, 1.165) is 29.7 Å². The molecule has 0 aliphatic heterocycles. The number of methoxy groups -OCH3 is 2. The largest absolute Gasteiger partial charge is 0.493 e. The molecule has 1 unspecified atom stereocenters. The Hall–Kier alpha value is -2.24. The van der Waals surface area contributed by atoms with Crippen LogP contribution >= 0.6 is 0 Å². The number of aromatic nitrogens is 2. The number of rotatable bonds is 7. The Labute approximate surface area is 136 Å². The first-order valence-electron chi connectivity index (χ1n) is 7.80. The van der Waals surface area contributed by atoms with Crippen molar-refractivity contribution in [1.82, 2.24) is 9.55 Å². The van der Waals surface area contributed by atoms with Gasteiger partial charge in [0.15, 0.2) is 11.5 Å². The zero-order valence-electron chi connectivity index (χ0n) is 14.3. The molecule has 2 aromatic rings. The molecule has 0 saturated heterocycles. The minimum absolute atomic E-state index is 0.0615. The summed E-state index contributed by atoms with van der Waals surface area (Å²) in [4.78, 5) is 16.4. The summed E-state index contributed by atoms with van der Waals surface area (Å²) in [7, 11) is 3.14. The van der Waals surface area contributed by atoms with Crippen LogP contribution in [-0.4, -0.2) is 34.8 Å². The molecule has 0 aliphatic carbocycles. The Kier molecular flexibility index (Phi) is 5.13. The number of imidazole rings is 1. The molecule has 1 aromatic heterocycles. The second kappa shape index (κ2) is 6.89. The molecule has 0 bridgehead atoms. The summed E-state index contributed by atoms with van der Waals surface area (Å²) in [6.45, 7) is 5.86. The summed E-state index contributed by atoms with van der Waals surface area (Å²) < 4.78 is 12.5. The summed E-state index contributed by atoms with van der Waals surface area (Å²) >= 11 is 0. The molecule has 1 heterocycles. The number of carbonyl (C=O) groups is 1. The molecule has 23 heavy (non-hydrogen) atoms. The molecule has 6 nitrogen and oxygen atoms in total. The second-order valence-electron chi connectivity index (χ2n) is 5.87. The van der Waals surface area contributed by atoms with Gasteiger partial charge >= 0.3 is 5.97 Å². The number of carboxylic acids is 1. The number of nitrogens with zero attached hydrogens (tertiary/aromatic N) is 2. The van der Waals surface area contributed by atoms with Gasteiger partial charge in [0.05, 0.1) is 25.3 Å². The highest BCUT2D eigenvalue weighted by molar-refractivity contribution is 5.83. The van der Waals surface area contributed by atoms with Gasteiger partial charge in [0.2, 0.25) is 0 Å². The summed E-state index contributed by atoms with van der Waals surface area (Å²) in [5.41, 5.74) is 1.48. The highest BCUT2D eigenvalue weighted by Crippen LogP contribution is 2.35. The number of benzene rings is 1. The fourth-order valence-corrected chi connectivity index (χ4v) is 2.88. The highest BCUT2D eigenvalue weighted by atomic mass is 16.5. The van der Waals surface area contributed by atoms with Gasteiger partial charge in [0, 0.05) is 18.6 Å². The van der Waals surface area contributed by atoms with E-state index in [-0.39, 0.29) is 5.92 Å². The molecule has 2 rings (SSSR count). The standard InChI is InChI=1S/C17H24N2O4/c1-6-7-15-18-11-8-13(22-4)14(23-5)9-12(11)19(15)16(10(2)3)17(20)21/h8-10,16H,6-7H2,1-5H3,(H,20,21). The van der Waals surface area contributed by atoms with Crippen LogP contribution in [0.4, 0.5) is 0 Å². The first-order chi connectivity index (χ1) is 10.9. The van der Waals surface area contributed by atoms with Crippen molar-refractivity contribution in [2.24, 2.45) is 5.92 Å². The number of carboxylic acid groups (broad SMARTS) is 1. The van der Waals surface area contributed by atoms with Crippen LogP contribution in [0.25, 0.3) is 11.0 Å². The fraction of sp³-hybridized carbons (Fsp3) is 0.529. The summed E-state index contributed by atoms with van der Waals surface area (Å²) in [6.07, 6.45) is 1.61. The van der Waals surface area contributed by atoms with Gasteiger partial charge in [-0.25, -0.2) is 9.78 Å². The van der Waals surface area contributed by atoms with Crippen molar-refractivity contribution in [3.8, 4) is 11.5 Å². The maximum Gasteiger partial charge on any atom is 0.327 e. The van der Waals surface area contributed by atoms with E-state index >= 15 is 0 Å². The zero-order chi connectivity index (χ0) is 17.1. The maximum absolute atomic E-state index is 11.8. The Balaban J connectivity index is 2.77. The number of aliphatic carboxylic acids is 1. The average Bonchev–Trinajstić information content (AvgIpc) is 2.83. The molecule has 1 atom stereocenters. The van der Waals surface area contributed by atoms with Crippen LogP contribution in [0.5, 0.6) is 11.5 Å². The Morgan fingerprint density at radius 2 is 1.87 bits per heavy atom. The molecular formula is C17H24N2O4. The van der Waals surface area contributed by atoms with Crippen LogP contribution < -0.4 is 9.47 Å². The number of ether oxygens (including phenoxy) is 2. The summed E-state index contributed by atoms with van der Waals surface area (Å²) in [5.74, 6) is 1.01. The normalized spacial score (nSPS) is 12.6. The molecule has 0 saturated carbocycles. The smallest absolute Gasteiger partial charge is 0.327 e. The molecule has 0 fully saturated rings. The van der Waals surface area contributed by atoms with E-state index in [9.17, 15) is 9.90 Å². The van der Waals surface area contributed by atoms with Crippen molar-refractivity contribution in [1.29, 1.82) is 0 Å². The van der Waals surface area contributed by atoms with Gasteiger partial charge in [-0.05, 0) is 12.3 Å². The summed E-state index contributed by atoms with van der Waals surface area (Å²) in [5, 5.41) is 9.69. The van der Waals surface area contributed by atoms with Crippen molar-refractivity contribution in [3.63, 3.8) is 0 Å². The molecule has 6 heteroatoms. The second-order valence-corrected chi connectivity index (χ2v) is 5.87. The number of hydrogen-bond donors (Lipinski definition) is 1. The molecule has 0 radical (unpaired) electrons. The van der Waals surface area contributed by atoms with Crippen molar-refractivity contribution >= 4 is 17.0 Å². The van der Waals surface area contributed by atoms with Gasteiger partial charge in [-0.1, -0.05) is 20.8 Å². The fourth-order valence-electron chi connectivity index (χ4n) is 2.88. The molecular weight excluding hydrogens is 296 g/mol. The van der Waals surface area contributed by atoms with Gasteiger partial charge in [-0.3, -0.25) is 0 Å². The van der Waals surface area contributed by atoms with Crippen LogP contribution in [0.3, 0.4) is 0 Å². The first-order valence-corrected chi connectivity index (χ1v) is 7.80. The first kappa shape index (κ1) is 17.1. The number of hydrogen-bond acceptors (Lipinski definition) is 4. The lowest BCUT2D eigenvalue weighted by Gasteiger charge is -2.21. The van der Waals surface area contributed by atoms with Gasteiger partial charge in [-0.2, -0.15) is 0 Å². The van der Waals surface area contributed by atoms with Crippen molar-refractivity contribution in [2.45, 2.75) is 39.7 Å². The molecule has 0 aliphatic rings. The monoisotopic (exact) mass is 320 g/mol. The Bertz CT molecular complexity index is 706. The van der Waals surface area contributed by atoms with Crippen LogP contribution in [0.1, 0.15) is 39.1 Å². The zero-order valence-corrected chi connectivity index (χ0v) is 14.3. The van der Waals surface area contributed by atoms with Gasteiger partial charge in [0.1, 0.15) is 11.9 Å². The summed E-state index contributed by atoms with van der Waals surface area (Å²) in [6, 6.07) is 2.93. The van der Waals surface area contributed by atoms with Crippen LogP contribution in [0.2, 0.25) is 0 Å². The lowest BCUT2D eigenvalue weighted by Crippen LogP contribution is -2.25. The molecule has 0 spiro atoms. The van der Waals surface area contributed by atoms with Gasteiger partial charge < -0.3 is 19.1 Å². The average molecular weight is 320 g/mol. The Morgan fingerprint density at radius 1 is 1.26 bits per heavy atom. The van der Waals surface area contributed by atoms with Crippen molar-refractivity contribution < 1.29 is 19.4 Å². The third-order valence-electron chi connectivity index (χ3n) is 3.90. The van der Waals surface area contributed by atoms with E-state index < -0.39 is 12.0 Å². The third-order valence-corrected chi connectivity index (χ3v) is 3.90. The van der Waals surface area contributed by atoms with Crippen LogP contribution in [0.15, 0.2) is 12.1 Å². The van der Waals surface area contributed by atoms with E-state index in [0.29, 0.717) is 11.5 Å².